The molecule has 3 heteroatoms. The van der Waals surface area contributed by atoms with Crippen molar-refractivity contribution in [3.63, 3.8) is 0 Å². The van der Waals surface area contributed by atoms with E-state index in [-0.39, 0.29) is 0 Å². The Labute approximate surface area is 113 Å². The highest BCUT2D eigenvalue weighted by atomic mass is 14.9. The molecule has 0 aliphatic rings. The lowest BCUT2D eigenvalue weighted by Gasteiger charge is -2.12. The lowest BCUT2D eigenvalue weighted by molar-refractivity contribution is 1.11. The first-order valence-corrected chi connectivity index (χ1v) is 6.23. The average Bonchev–Trinajstić information content (AvgIpc) is 2.26. The fraction of sp³-hybridized carbons (Fsp3) is 0.250. The Balaban J connectivity index is 2.46. The molecule has 0 unspecified atom stereocenters. The average molecular weight is 251 g/mol. The molecule has 0 saturated carbocycles. The van der Waals surface area contributed by atoms with Crippen LogP contribution in [0.2, 0.25) is 0 Å². The van der Waals surface area contributed by atoms with Gasteiger partial charge >= 0.3 is 0 Å². The molecule has 2 rings (SSSR count). The van der Waals surface area contributed by atoms with E-state index in [1.165, 1.54) is 11.1 Å². The van der Waals surface area contributed by atoms with Crippen molar-refractivity contribution < 1.29 is 0 Å². The summed E-state index contributed by atoms with van der Waals surface area (Å²) in [5.74, 6) is 0. The Hall–Kier alpha value is -2.34. The van der Waals surface area contributed by atoms with Crippen molar-refractivity contribution in [3.05, 3.63) is 52.3 Å². The molecular formula is C16H17N3. The van der Waals surface area contributed by atoms with Gasteiger partial charge in [0.25, 0.3) is 0 Å². The molecule has 1 aromatic carbocycles. The van der Waals surface area contributed by atoms with Crippen molar-refractivity contribution in [3.8, 4) is 6.07 Å². The minimum Gasteiger partial charge on any atom is -0.354 e. The molecule has 19 heavy (non-hydrogen) atoms. The van der Waals surface area contributed by atoms with Crippen LogP contribution in [0.5, 0.6) is 0 Å². The molecule has 1 aromatic heterocycles. The fourth-order valence-electron chi connectivity index (χ4n) is 2.27. The van der Waals surface area contributed by atoms with Crippen LogP contribution < -0.4 is 5.32 Å². The van der Waals surface area contributed by atoms with Crippen LogP contribution in [-0.2, 0) is 0 Å². The molecule has 0 bridgehead atoms. The maximum atomic E-state index is 9.25. The maximum Gasteiger partial charge on any atom is 0.103 e. The fourth-order valence-corrected chi connectivity index (χ4v) is 2.27. The Kier molecular flexibility index (Phi) is 3.52. The standard InChI is InChI=1S/C16H17N3/c1-10-5-11(2)7-14(6-10)19-16-8-12(3)18-13(4)15(16)9-17/h5-8H,1-4H3,(H,18,19). The van der Waals surface area contributed by atoms with Crippen molar-refractivity contribution >= 4 is 11.4 Å². The summed E-state index contributed by atoms with van der Waals surface area (Å²) in [6.45, 7) is 7.91. The van der Waals surface area contributed by atoms with Gasteiger partial charge in [0.2, 0.25) is 0 Å². The van der Waals surface area contributed by atoms with Gasteiger partial charge in [0, 0.05) is 11.4 Å². The van der Waals surface area contributed by atoms with Crippen LogP contribution >= 0.6 is 0 Å². The van der Waals surface area contributed by atoms with Gasteiger partial charge in [-0.1, -0.05) is 6.07 Å². The number of rotatable bonds is 2. The first-order valence-electron chi connectivity index (χ1n) is 6.23. The minimum absolute atomic E-state index is 0.602. The highest BCUT2D eigenvalue weighted by Gasteiger charge is 2.08. The van der Waals surface area contributed by atoms with E-state index in [1.54, 1.807) is 0 Å². The summed E-state index contributed by atoms with van der Waals surface area (Å²) < 4.78 is 0. The van der Waals surface area contributed by atoms with Crippen LogP contribution in [0.1, 0.15) is 28.1 Å². The van der Waals surface area contributed by atoms with Crippen LogP contribution in [-0.4, -0.2) is 4.98 Å². The summed E-state index contributed by atoms with van der Waals surface area (Å²) in [4.78, 5) is 4.32. The smallest absolute Gasteiger partial charge is 0.103 e. The summed E-state index contributed by atoms with van der Waals surface area (Å²) in [6, 6.07) is 10.4. The quantitative estimate of drug-likeness (QED) is 0.879. The lowest BCUT2D eigenvalue weighted by atomic mass is 10.1. The third-order valence-electron chi connectivity index (χ3n) is 2.94. The number of hydrogen-bond donors (Lipinski definition) is 1. The molecule has 0 saturated heterocycles. The second kappa shape index (κ2) is 5.11. The van der Waals surface area contributed by atoms with Crippen LogP contribution in [0.3, 0.4) is 0 Å². The molecular weight excluding hydrogens is 234 g/mol. The van der Waals surface area contributed by atoms with E-state index in [4.69, 9.17) is 0 Å². The maximum absolute atomic E-state index is 9.25. The molecule has 3 nitrogen and oxygen atoms in total. The molecule has 0 aliphatic heterocycles. The van der Waals surface area contributed by atoms with Crippen LogP contribution in [0.25, 0.3) is 0 Å². The summed E-state index contributed by atoms with van der Waals surface area (Å²) in [6.07, 6.45) is 0. The molecule has 0 fully saturated rings. The van der Waals surface area contributed by atoms with Crippen LogP contribution in [0, 0.1) is 39.0 Å². The van der Waals surface area contributed by atoms with Crippen molar-refractivity contribution in [1.82, 2.24) is 4.98 Å². The number of aromatic nitrogens is 1. The zero-order valence-corrected chi connectivity index (χ0v) is 11.7. The minimum atomic E-state index is 0.602. The van der Waals surface area contributed by atoms with E-state index in [0.717, 1.165) is 22.8 Å². The van der Waals surface area contributed by atoms with E-state index < -0.39 is 0 Å². The predicted octanol–water partition coefficient (Wildman–Crippen LogP) is 3.93. The number of nitriles is 1. The van der Waals surface area contributed by atoms with Crippen molar-refractivity contribution in [1.29, 1.82) is 5.26 Å². The van der Waals surface area contributed by atoms with E-state index >= 15 is 0 Å². The van der Waals surface area contributed by atoms with E-state index in [0.29, 0.717) is 5.56 Å². The van der Waals surface area contributed by atoms with E-state index in [9.17, 15) is 5.26 Å². The summed E-state index contributed by atoms with van der Waals surface area (Å²) in [5.41, 5.74) is 6.48. The second-order valence-electron chi connectivity index (χ2n) is 4.88. The van der Waals surface area contributed by atoms with Gasteiger partial charge in [-0.2, -0.15) is 5.26 Å². The molecule has 1 heterocycles. The van der Waals surface area contributed by atoms with Gasteiger partial charge < -0.3 is 5.32 Å². The molecule has 2 aromatic rings. The molecule has 0 atom stereocenters. The third kappa shape index (κ3) is 2.92. The first kappa shape index (κ1) is 13.1. The molecule has 0 radical (unpaired) electrons. The monoisotopic (exact) mass is 251 g/mol. The highest BCUT2D eigenvalue weighted by molar-refractivity contribution is 5.68. The number of aryl methyl sites for hydroxylation is 4. The van der Waals surface area contributed by atoms with Gasteiger partial charge in [-0.15, -0.1) is 0 Å². The molecule has 96 valence electrons. The first-order chi connectivity index (χ1) is 8.99. The van der Waals surface area contributed by atoms with Gasteiger partial charge in [-0.3, -0.25) is 4.98 Å². The molecule has 0 aliphatic carbocycles. The Morgan fingerprint density at radius 3 is 2.21 bits per heavy atom. The highest BCUT2D eigenvalue weighted by Crippen LogP contribution is 2.24. The third-order valence-corrected chi connectivity index (χ3v) is 2.94. The number of pyridine rings is 1. The number of nitrogens with zero attached hydrogens (tertiary/aromatic N) is 2. The van der Waals surface area contributed by atoms with Gasteiger partial charge in [0.15, 0.2) is 0 Å². The van der Waals surface area contributed by atoms with Crippen LogP contribution in [0.4, 0.5) is 11.4 Å². The Morgan fingerprint density at radius 1 is 1.00 bits per heavy atom. The van der Waals surface area contributed by atoms with Gasteiger partial charge in [0.1, 0.15) is 6.07 Å². The van der Waals surface area contributed by atoms with Crippen molar-refractivity contribution in [2.45, 2.75) is 27.7 Å². The second-order valence-corrected chi connectivity index (χ2v) is 4.88. The van der Waals surface area contributed by atoms with Gasteiger partial charge in [-0.25, -0.2) is 0 Å². The van der Waals surface area contributed by atoms with E-state index in [1.807, 2.05) is 19.9 Å². The lowest BCUT2D eigenvalue weighted by Crippen LogP contribution is -2.00. The number of nitrogens with one attached hydrogen (secondary N) is 1. The van der Waals surface area contributed by atoms with Gasteiger partial charge in [-0.05, 0) is 57.0 Å². The summed E-state index contributed by atoms with van der Waals surface area (Å²) >= 11 is 0. The summed E-state index contributed by atoms with van der Waals surface area (Å²) in [7, 11) is 0. The Bertz CT molecular complexity index is 646. The Morgan fingerprint density at radius 2 is 1.63 bits per heavy atom. The SMILES string of the molecule is Cc1cc(C)cc(Nc2cc(C)nc(C)c2C#N)c1. The molecule has 0 spiro atoms. The van der Waals surface area contributed by atoms with Crippen molar-refractivity contribution in [2.24, 2.45) is 0 Å². The number of hydrogen-bond acceptors (Lipinski definition) is 3. The largest absolute Gasteiger partial charge is 0.354 e. The number of anilines is 2. The normalized spacial score (nSPS) is 10.1. The van der Waals surface area contributed by atoms with Crippen molar-refractivity contribution in [2.75, 3.05) is 5.32 Å². The number of benzene rings is 1. The van der Waals surface area contributed by atoms with E-state index in [2.05, 4.69) is 48.4 Å². The predicted molar refractivity (Wildman–Crippen MR) is 77.6 cm³/mol. The van der Waals surface area contributed by atoms with Gasteiger partial charge in [0.05, 0.1) is 16.9 Å². The van der Waals surface area contributed by atoms with Crippen LogP contribution in [0.15, 0.2) is 24.3 Å². The topological polar surface area (TPSA) is 48.7 Å². The molecule has 1 N–H and O–H groups in total. The summed E-state index contributed by atoms with van der Waals surface area (Å²) in [5, 5.41) is 12.6. The zero-order valence-electron chi connectivity index (χ0n) is 11.7. The molecule has 0 amide bonds. The zero-order chi connectivity index (χ0) is 14.0.